The fourth-order valence-corrected chi connectivity index (χ4v) is 3.85. The third-order valence-corrected chi connectivity index (χ3v) is 5.67. The second-order valence-corrected chi connectivity index (χ2v) is 7.92. The number of amides is 1. The summed E-state index contributed by atoms with van der Waals surface area (Å²) in [6, 6.07) is 14.5. The molecule has 2 heterocycles. The van der Waals surface area contributed by atoms with Gasteiger partial charge in [0.15, 0.2) is 0 Å². The number of ether oxygens (including phenoxy) is 2. The molecule has 2 aromatic carbocycles. The van der Waals surface area contributed by atoms with Crippen molar-refractivity contribution in [3.63, 3.8) is 0 Å². The Kier molecular flexibility index (Phi) is 7.12. The number of aromatic amines is 1. The van der Waals surface area contributed by atoms with Gasteiger partial charge in [-0.05, 0) is 37.1 Å². The maximum Gasteiger partial charge on any atom is 0.254 e. The Morgan fingerprint density at radius 1 is 1.12 bits per heavy atom. The van der Waals surface area contributed by atoms with Crippen molar-refractivity contribution in [3.05, 3.63) is 82.9 Å². The van der Waals surface area contributed by atoms with Crippen molar-refractivity contribution in [2.75, 3.05) is 20.3 Å². The molecule has 1 amide bonds. The van der Waals surface area contributed by atoms with Crippen molar-refractivity contribution < 1.29 is 14.3 Å². The maximum atomic E-state index is 12.6. The molecule has 0 spiro atoms. The number of fused-ring (bicyclic) bond motifs is 1. The van der Waals surface area contributed by atoms with Gasteiger partial charge in [0.25, 0.3) is 5.91 Å². The van der Waals surface area contributed by atoms with Crippen LogP contribution in [0.2, 0.25) is 0 Å². The second kappa shape index (κ2) is 10.4. The third-order valence-electron chi connectivity index (χ3n) is 5.67. The molecule has 7 heteroatoms. The monoisotopic (exact) mass is 444 g/mol. The van der Waals surface area contributed by atoms with E-state index < -0.39 is 0 Å². The van der Waals surface area contributed by atoms with Crippen LogP contribution in [0.25, 0.3) is 22.2 Å². The topological polar surface area (TPSA) is 89.1 Å². The number of benzene rings is 2. The molecular formula is C26H28N4O3. The Bertz CT molecular complexity index is 1270. The van der Waals surface area contributed by atoms with Gasteiger partial charge in [0.2, 0.25) is 0 Å². The minimum absolute atomic E-state index is 0.189. The Labute approximate surface area is 193 Å². The first-order valence-corrected chi connectivity index (χ1v) is 10.9. The smallest absolute Gasteiger partial charge is 0.254 e. The number of hydrogen-bond donors (Lipinski definition) is 2. The summed E-state index contributed by atoms with van der Waals surface area (Å²) < 4.78 is 11.0. The van der Waals surface area contributed by atoms with Gasteiger partial charge < -0.3 is 19.8 Å². The van der Waals surface area contributed by atoms with E-state index >= 15 is 0 Å². The molecule has 7 nitrogen and oxygen atoms in total. The Morgan fingerprint density at radius 2 is 1.97 bits per heavy atom. The molecule has 0 aliphatic heterocycles. The highest BCUT2D eigenvalue weighted by molar-refractivity contribution is 5.95. The van der Waals surface area contributed by atoms with Crippen molar-refractivity contribution in [2.45, 2.75) is 27.0 Å². The summed E-state index contributed by atoms with van der Waals surface area (Å²) in [4.78, 5) is 24.2. The minimum Gasteiger partial charge on any atom is -0.382 e. The van der Waals surface area contributed by atoms with Gasteiger partial charge in [-0.15, -0.1) is 0 Å². The minimum atomic E-state index is -0.189. The van der Waals surface area contributed by atoms with E-state index in [4.69, 9.17) is 9.47 Å². The SMILES string of the molecule is COCCOCc1c(-c2ccccc2C)[nH]c2ccc(CNC(=O)c3cncnc3C)cc12. The van der Waals surface area contributed by atoms with E-state index in [2.05, 4.69) is 45.4 Å². The lowest BCUT2D eigenvalue weighted by Gasteiger charge is -2.10. The normalized spacial score (nSPS) is 11.1. The molecule has 170 valence electrons. The molecule has 0 saturated carbocycles. The standard InChI is InChI=1S/C26H28N4O3/c1-17-6-4-5-7-20(17)25-23(15-33-11-10-32-3)21-12-19(8-9-24(21)30-25)13-28-26(31)22-14-27-16-29-18(22)2/h4-9,12,14,16,30H,10-11,13,15H2,1-3H3,(H,28,31). The van der Waals surface area contributed by atoms with Gasteiger partial charge in [-0.25, -0.2) is 9.97 Å². The lowest BCUT2D eigenvalue weighted by Crippen LogP contribution is -2.24. The van der Waals surface area contributed by atoms with E-state index in [9.17, 15) is 4.79 Å². The average molecular weight is 445 g/mol. The van der Waals surface area contributed by atoms with E-state index in [1.54, 1.807) is 14.0 Å². The van der Waals surface area contributed by atoms with Crippen LogP contribution in [0.5, 0.6) is 0 Å². The molecule has 2 N–H and O–H groups in total. The quantitative estimate of drug-likeness (QED) is 0.375. The van der Waals surface area contributed by atoms with Crippen LogP contribution < -0.4 is 5.32 Å². The molecule has 0 fully saturated rings. The van der Waals surface area contributed by atoms with Crippen LogP contribution in [0, 0.1) is 13.8 Å². The van der Waals surface area contributed by atoms with Gasteiger partial charge in [0.05, 0.1) is 36.8 Å². The number of H-pyrrole nitrogens is 1. The molecule has 0 atom stereocenters. The maximum absolute atomic E-state index is 12.6. The average Bonchev–Trinajstić information content (AvgIpc) is 3.18. The molecule has 0 saturated heterocycles. The van der Waals surface area contributed by atoms with Crippen molar-refractivity contribution >= 4 is 16.8 Å². The van der Waals surface area contributed by atoms with Crippen LogP contribution in [-0.4, -0.2) is 41.2 Å². The Hall–Kier alpha value is -3.55. The van der Waals surface area contributed by atoms with Crippen LogP contribution in [0.15, 0.2) is 55.0 Å². The summed E-state index contributed by atoms with van der Waals surface area (Å²) in [7, 11) is 1.66. The number of carbonyl (C=O) groups excluding carboxylic acids is 1. The molecule has 0 bridgehead atoms. The molecule has 0 radical (unpaired) electrons. The number of hydrogen-bond acceptors (Lipinski definition) is 5. The van der Waals surface area contributed by atoms with Gasteiger partial charge in [-0.3, -0.25) is 4.79 Å². The Balaban J connectivity index is 1.63. The first-order chi connectivity index (χ1) is 16.1. The summed E-state index contributed by atoms with van der Waals surface area (Å²) >= 11 is 0. The Morgan fingerprint density at radius 3 is 2.76 bits per heavy atom. The largest absolute Gasteiger partial charge is 0.382 e. The van der Waals surface area contributed by atoms with Crippen LogP contribution in [0.3, 0.4) is 0 Å². The highest BCUT2D eigenvalue weighted by atomic mass is 16.5. The van der Waals surface area contributed by atoms with Crippen molar-refractivity contribution in [3.8, 4) is 11.3 Å². The van der Waals surface area contributed by atoms with Crippen LogP contribution in [0.1, 0.15) is 32.7 Å². The van der Waals surface area contributed by atoms with Gasteiger partial charge in [-0.2, -0.15) is 0 Å². The fourth-order valence-electron chi connectivity index (χ4n) is 3.85. The predicted molar refractivity (Wildman–Crippen MR) is 128 cm³/mol. The van der Waals surface area contributed by atoms with E-state index in [-0.39, 0.29) is 5.91 Å². The first-order valence-electron chi connectivity index (χ1n) is 10.9. The summed E-state index contributed by atoms with van der Waals surface area (Å²) in [6.45, 7) is 5.83. The molecule has 0 unspecified atom stereocenters. The second-order valence-electron chi connectivity index (χ2n) is 7.92. The highest BCUT2D eigenvalue weighted by Gasteiger charge is 2.16. The van der Waals surface area contributed by atoms with Gasteiger partial charge in [0, 0.05) is 41.9 Å². The number of nitrogens with one attached hydrogen (secondary N) is 2. The number of aromatic nitrogens is 3. The number of aryl methyl sites for hydroxylation is 2. The zero-order valence-electron chi connectivity index (χ0n) is 19.1. The molecular weight excluding hydrogens is 416 g/mol. The van der Waals surface area contributed by atoms with Crippen molar-refractivity contribution in [1.29, 1.82) is 0 Å². The summed E-state index contributed by atoms with van der Waals surface area (Å²) in [5, 5.41) is 4.05. The van der Waals surface area contributed by atoms with E-state index in [0.717, 1.165) is 33.3 Å². The molecule has 0 aliphatic carbocycles. The summed E-state index contributed by atoms with van der Waals surface area (Å²) in [5.74, 6) is -0.189. The fraction of sp³-hybridized carbons (Fsp3) is 0.269. The van der Waals surface area contributed by atoms with Crippen LogP contribution in [0.4, 0.5) is 0 Å². The van der Waals surface area contributed by atoms with Gasteiger partial charge >= 0.3 is 0 Å². The zero-order chi connectivity index (χ0) is 23.2. The van der Waals surface area contributed by atoms with Crippen LogP contribution in [-0.2, 0) is 22.6 Å². The highest BCUT2D eigenvalue weighted by Crippen LogP contribution is 2.33. The van der Waals surface area contributed by atoms with Crippen LogP contribution >= 0.6 is 0 Å². The van der Waals surface area contributed by atoms with Gasteiger partial charge in [0.1, 0.15) is 6.33 Å². The lowest BCUT2D eigenvalue weighted by molar-refractivity contribution is 0.0623. The van der Waals surface area contributed by atoms with Crippen molar-refractivity contribution in [1.82, 2.24) is 20.3 Å². The zero-order valence-corrected chi connectivity index (χ0v) is 19.1. The summed E-state index contributed by atoms with van der Waals surface area (Å²) in [6.07, 6.45) is 2.98. The number of rotatable bonds is 9. The first kappa shape index (κ1) is 22.6. The van der Waals surface area contributed by atoms with E-state index in [0.29, 0.717) is 37.6 Å². The number of carbonyl (C=O) groups is 1. The van der Waals surface area contributed by atoms with Gasteiger partial charge in [-0.1, -0.05) is 30.3 Å². The molecule has 2 aromatic heterocycles. The molecule has 4 aromatic rings. The molecule has 33 heavy (non-hydrogen) atoms. The van der Waals surface area contributed by atoms with Crippen molar-refractivity contribution in [2.24, 2.45) is 0 Å². The molecule has 0 aliphatic rings. The number of methoxy groups -OCH3 is 1. The summed E-state index contributed by atoms with van der Waals surface area (Å²) in [5.41, 5.74) is 7.65. The predicted octanol–water partition coefficient (Wildman–Crippen LogP) is 4.33. The number of nitrogens with zero attached hydrogens (tertiary/aromatic N) is 2. The molecule has 4 rings (SSSR count). The third kappa shape index (κ3) is 5.10. The van der Waals surface area contributed by atoms with E-state index in [1.165, 1.54) is 18.1 Å². The van der Waals surface area contributed by atoms with E-state index in [1.807, 2.05) is 24.3 Å². The lowest BCUT2D eigenvalue weighted by atomic mass is 10.0.